The van der Waals surface area contributed by atoms with Gasteiger partial charge in [-0.1, -0.05) is 13.8 Å². The van der Waals surface area contributed by atoms with Crippen LogP contribution in [0.2, 0.25) is 0 Å². The van der Waals surface area contributed by atoms with Gasteiger partial charge in [0.05, 0.1) is 17.6 Å². The molecule has 0 bridgehead atoms. The fourth-order valence-corrected chi connectivity index (χ4v) is 4.56. The Hall–Kier alpha value is -2.75. The molecule has 0 aromatic carbocycles. The number of hydrogen-bond acceptors (Lipinski definition) is 8. The van der Waals surface area contributed by atoms with E-state index in [1.54, 1.807) is 0 Å². The molecule has 0 radical (unpaired) electrons. The summed E-state index contributed by atoms with van der Waals surface area (Å²) in [7, 11) is 0. The summed E-state index contributed by atoms with van der Waals surface area (Å²) in [6.07, 6.45) is 4.02. The minimum atomic E-state index is 0.105. The van der Waals surface area contributed by atoms with Crippen LogP contribution in [0.1, 0.15) is 25.6 Å². The number of fused-ring (bicyclic) bond motifs is 5. The summed E-state index contributed by atoms with van der Waals surface area (Å²) in [4.78, 5) is 16.3. The predicted octanol–water partition coefficient (Wildman–Crippen LogP) is 2.00. The maximum Gasteiger partial charge on any atom is 0.230 e. The number of hydrogen-bond donors (Lipinski definition) is 3. The molecule has 3 aliphatic heterocycles. The summed E-state index contributed by atoms with van der Waals surface area (Å²) in [5, 5.41) is 11.3. The highest BCUT2D eigenvalue weighted by Gasteiger charge is 2.46. The first kappa shape index (κ1) is 19.0. The van der Waals surface area contributed by atoms with E-state index in [-0.39, 0.29) is 12.3 Å². The molecule has 31 heavy (non-hydrogen) atoms. The molecule has 0 saturated carbocycles. The quantitative estimate of drug-likeness (QED) is 0.552. The lowest BCUT2D eigenvalue weighted by Gasteiger charge is -2.29. The molecule has 3 N–H and O–H groups in total. The number of nitrogens with zero attached hydrogens (tertiary/aromatic N) is 5. The van der Waals surface area contributed by atoms with Crippen LogP contribution in [0.25, 0.3) is 11.0 Å². The highest BCUT2D eigenvalue weighted by atomic mass is 16.6. The molecule has 0 spiro atoms. The van der Waals surface area contributed by atoms with Crippen molar-refractivity contribution in [2.24, 2.45) is 5.92 Å². The molecule has 6 rings (SSSR count). The van der Waals surface area contributed by atoms with E-state index in [0.717, 1.165) is 55.3 Å². The summed E-state index contributed by atoms with van der Waals surface area (Å²) in [6, 6.07) is 6.60. The molecule has 3 aliphatic rings. The molecule has 0 aliphatic carbocycles. The molecule has 6 heterocycles. The van der Waals surface area contributed by atoms with E-state index >= 15 is 0 Å². The van der Waals surface area contributed by atoms with Crippen molar-refractivity contribution in [3.8, 4) is 0 Å². The van der Waals surface area contributed by atoms with Crippen LogP contribution in [0.5, 0.6) is 0 Å². The summed E-state index contributed by atoms with van der Waals surface area (Å²) in [6.45, 7) is 9.38. The summed E-state index contributed by atoms with van der Waals surface area (Å²) in [5.41, 5.74) is 3.26. The molecule has 2 unspecified atom stereocenters. The number of epoxide rings is 1. The third-order valence-electron chi connectivity index (χ3n) is 6.48. The fraction of sp³-hybridized carbons (Fsp3) is 0.500. The second kappa shape index (κ2) is 7.44. The number of nitrogens with one attached hydrogen (secondary N) is 3. The Labute approximate surface area is 181 Å². The molecular formula is C22H28N8O. The molecule has 3 aromatic rings. The highest BCUT2D eigenvalue weighted by molar-refractivity contribution is 5.78. The number of anilines is 3. The van der Waals surface area contributed by atoms with Gasteiger partial charge in [-0.3, -0.25) is 5.32 Å². The molecule has 0 amide bonds. The lowest BCUT2D eigenvalue weighted by Crippen LogP contribution is -2.43. The molecule has 3 atom stereocenters. The monoisotopic (exact) mass is 420 g/mol. The van der Waals surface area contributed by atoms with Crippen molar-refractivity contribution in [1.29, 1.82) is 0 Å². The van der Waals surface area contributed by atoms with Crippen molar-refractivity contribution in [3.63, 3.8) is 0 Å². The predicted molar refractivity (Wildman–Crippen MR) is 120 cm³/mol. The van der Waals surface area contributed by atoms with E-state index < -0.39 is 0 Å². The smallest absolute Gasteiger partial charge is 0.230 e. The average Bonchev–Trinajstić information content (AvgIpc) is 3.49. The van der Waals surface area contributed by atoms with Gasteiger partial charge in [0.15, 0.2) is 0 Å². The molecular weight excluding hydrogens is 392 g/mol. The SMILES string of the molecule is CC(C)[C@@H]1Cn2c(cc3cnc(Nc4ccc(N5CCNCC5)cn4)nc32)C2OC2N1. The number of piperazine rings is 1. The van der Waals surface area contributed by atoms with Crippen LogP contribution in [-0.4, -0.2) is 58.0 Å². The Morgan fingerprint density at radius 1 is 1.16 bits per heavy atom. The van der Waals surface area contributed by atoms with Gasteiger partial charge in [-0.25, -0.2) is 9.97 Å². The van der Waals surface area contributed by atoms with Crippen molar-refractivity contribution >= 4 is 28.5 Å². The second-order valence-corrected chi connectivity index (χ2v) is 8.91. The van der Waals surface area contributed by atoms with Gasteiger partial charge < -0.3 is 24.8 Å². The Morgan fingerprint density at radius 2 is 2.03 bits per heavy atom. The van der Waals surface area contributed by atoms with Gasteiger partial charge in [0.25, 0.3) is 0 Å². The van der Waals surface area contributed by atoms with Crippen molar-refractivity contribution in [2.75, 3.05) is 36.4 Å². The van der Waals surface area contributed by atoms with Gasteiger partial charge in [0.1, 0.15) is 23.8 Å². The second-order valence-electron chi connectivity index (χ2n) is 8.91. The molecule has 2 saturated heterocycles. The fourth-order valence-electron chi connectivity index (χ4n) is 4.56. The number of rotatable bonds is 4. The van der Waals surface area contributed by atoms with Crippen LogP contribution in [-0.2, 0) is 11.3 Å². The zero-order chi connectivity index (χ0) is 20.9. The largest absolute Gasteiger partial charge is 0.368 e. The van der Waals surface area contributed by atoms with E-state index in [0.29, 0.717) is 17.9 Å². The third kappa shape index (κ3) is 3.52. The molecule has 9 heteroatoms. The van der Waals surface area contributed by atoms with Crippen molar-refractivity contribution in [2.45, 2.75) is 38.8 Å². The Morgan fingerprint density at radius 3 is 2.81 bits per heavy atom. The maximum absolute atomic E-state index is 5.87. The van der Waals surface area contributed by atoms with E-state index in [9.17, 15) is 0 Å². The van der Waals surface area contributed by atoms with Gasteiger partial charge >= 0.3 is 0 Å². The van der Waals surface area contributed by atoms with Gasteiger partial charge in [-0.2, -0.15) is 4.98 Å². The average molecular weight is 421 g/mol. The lowest BCUT2D eigenvalue weighted by atomic mass is 10.0. The number of ether oxygens (including phenoxy) is 1. The molecule has 3 aromatic heterocycles. The highest BCUT2D eigenvalue weighted by Crippen LogP contribution is 2.42. The van der Waals surface area contributed by atoms with Crippen molar-refractivity contribution in [3.05, 3.63) is 36.3 Å². The normalized spacial score (nSPS) is 25.3. The topological polar surface area (TPSA) is 95.5 Å². The van der Waals surface area contributed by atoms with Crippen LogP contribution >= 0.6 is 0 Å². The lowest BCUT2D eigenvalue weighted by molar-refractivity contribution is 0.269. The van der Waals surface area contributed by atoms with Crippen LogP contribution in [0, 0.1) is 5.92 Å². The summed E-state index contributed by atoms with van der Waals surface area (Å²) >= 11 is 0. The maximum atomic E-state index is 5.87. The van der Waals surface area contributed by atoms with E-state index in [1.165, 1.54) is 5.69 Å². The van der Waals surface area contributed by atoms with Crippen molar-refractivity contribution < 1.29 is 4.74 Å². The molecule has 2 fully saturated rings. The Kier molecular flexibility index (Phi) is 4.55. The Balaban J connectivity index is 1.26. The van der Waals surface area contributed by atoms with Gasteiger partial charge in [0, 0.05) is 50.3 Å². The minimum absolute atomic E-state index is 0.105. The molecule has 162 valence electrons. The van der Waals surface area contributed by atoms with E-state index in [4.69, 9.17) is 9.72 Å². The first-order valence-corrected chi connectivity index (χ1v) is 11.1. The zero-order valence-corrected chi connectivity index (χ0v) is 17.9. The van der Waals surface area contributed by atoms with Gasteiger partial charge in [-0.05, 0) is 24.1 Å². The minimum Gasteiger partial charge on any atom is -0.368 e. The summed E-state index contributed by atoms with van der Waals surface area (Å²) < 4.78 is 8.16. The van der Waals surface area contributed by atoms with Gasteiger partial charge in [0.2, 0.25) is 5.95 Å². The Bertz CT molecular complexity index is 1090. The van der Waals surface area contributed by atoms with Crippen LogP contribution in [0.3, 0.4) is 0 Å². The van der Waals surface area contributed by atoms with Crippen LogP contribution in [0.15, 0.2) is 30.6 Å². The summed E-state index contributed by atoms with van der Waals surface area (Å²) in [5.74, 6) is 1.81. The van der Waals surface area contributed by atoms with Crippen LogP contribution in [0.4, 0.5) is 17.5 Å². The van der Waals surface area contributed by atoms with Crippen LogP contribution < -0.4 is 20.9 Å². The third-order valence-corrected chi connectivity index (χ3v) is 6.48. The molecule has 9 nitrogen and oxygen atoms in total. The van der Waals surface area contributed by atoms with Crippen molar-refractivity contribution in [1.82, 2.24) is 30.2 Å². The van der Waals surface area contributed by atoms with Gasteiger partial charge in [-0.15, -0.1) is 0 Å². The zero-order valence-electron chi connectivity index (χ0n) is 17.9. The first-order valence-electron chi connectivity index (χ1n) is 11.1. The van der Waals surface area contributed by atoms with E-state index in [2.05, 4.69) is 61.4 Å². The standard InChI is InChI=1S/C22H28N8O/c1-13(2)16-12-30-17(19-21(26-16)31-19)9-14-10-25-22(28-20(14)30)27-18-4-3-15(11-24-18)29-7-5-23-6-8-29/h3-4,9-11,13,16,19,21,23,26H,5-8,12H2,1-2H3,(H,24,25,27,28)/t16-,19?,21?/m0/s1. The number of aromatic nitrogens is 4. The number of pyridine rings is 1. The first-order chi connectivity index (χ1) is 15.2. The van der Waals surface area contributed by atoms with E-state index in [1.807, 2.05) is 18.5 Å².